The second-order valence-electron chi connectivity index (χ2n) is 2.27. The molecule has 4 nitrogen and oxygen atoms in total. The molecule has 3 N–H and O–H groups in total. The van der Waals surface area contributed by atoms with Crippen LogP contribution in [0.1, 0.15) is 5.69 Å². The van der Waals surface area contributed by atoms with Gasteiger partial charge in [-0.25, -0.2) is 4.98 Å². The van der Waals surface area contributed by atoms with Crippen LogP contribution in [0.25, 0.3) is 0 Å². The predicted octanol–water partition coefficient (Wildman–Crippen LogP) is 0.944. The molecule has 0 saturated carbocycles. The summed E-state index contributed by atoms with van der Waals surface area (Å²) in [6.45, 7) is 0. The summed E-state index contributed by atoms with van der Waals surface area (Å²) in [4.78, 5) is 14.1. The highest BCUT2D eigenvalue weighted by atomic mass is 35.5. The number of rotatable bonds is 2. The maximum Gasteiger partial charge on any atom is 0.309 e. The number of nitrogen functional groups attached to an aromatic ring is 1. The fourth-order valence-electron chi connectivity index (χ4n) is 0.818. The standard InChI is InChI=1S/C7H7ClN2O2/c8-4-1-5(3-7(11)12)10-6(9)2-4/h1-2H,3H2,(H2,9,10)(H,11,12). The first kappa shape index (κ1) is 8.80. The van der Waals surface area contributed by atoms with E-state index >= 15 is 0 Å². The quantitative estimate of drug-likeness (QED) is 0.721. The van der Waals surface area contributed by atoms with Crippen molar-refractivity contribution in [1.82, 2.24) is 4.98 Å². The smallest absolute Gasteiger partial charge is 0.309 e. The number of hydrogen-bond acceptors (Lipinski definition) is 3. The van der Waals surface area contributed by atoms with Gasteiger partial charge in [0, 0.05) is 5.02 Å². The molecule has 0 aromatic carbocycles. The molecule has 0 unspecified atom stereocenters. The molecule has 1 rings (SSSR count). The molecule has 5 heteroatoms. The minimum atomic E-state index is -0.954. The number of nitrogens with zero attached hydrogens (tertiary/aromatic N) is 1. The number of nitrogens with two attached hydrogens (primary N) is 1. The Kier molecular flexibility index (Phi) is 2.50. The average molecular weight is 187 g/mol. The van der Waals surface area contributed by atoms with Crippen LogP contribution in [-0.2, 0) is 11.2 Å². The molecule has 1 heterocycles. The van der Waals surface area contributed by atoms with Crippen LogP contribution in [0.5, 0.6) is 0 Å². The van der Waals surface area contributed by atoms with Crippen molar-refractivity contribution in [2.45, 2.75) is 6.42 Å². The number of hydrogen-bond donors (Lipinski definition) is 2. The molecule has 1 aromatic heterocycles. The van der Waals surface area contributed by atoms with E-state index in [4.69, 9.17) is 22.4 Å². The molecule has 64 valence electrons. The summed E-state index contributed by atoms with van der Waals surface area (Å²) in [7, 11) is 0. The Labute approximate surface area is 74.0 Å². The van der Waals surface area contributed by atoms with Crippen molar-refractivity contribution < 1.29 is 9.90 Å². The number of aromatic nitrogens is 1. The van der Waals surface area contributed by atoms with E-state index in [1.807, 2.05) is 0 Å². The molecule has 0 saturated heterocycles. The van der Waals surface area contributed by atoms with Crippen LogP contribution in [0, 0.1) is 0 Å². The summed E-state index contributed by atoms with van der Waals surface area (Å²) < 4.78 is 0. The van der Waals surface area contributed by atoms with Gasteiger partial charge in [-0.1, -0.05) is 11.6 Å². The molecule has 0 amide bonds. The van der Waals surface area contributed by atoms with Crippen LogP contribution in [0.4, 0.5) is 5.82 Å². The lowest BCUT2D eigenvalue weighted by Crippen LogP contribution is -2.03. The van der Waals surface area contributed by atoms with Gasteiger partial charge in [-0.2, -0.15) is 0 Å². The fourth-order valence-corrected chi connectivity index (χ4v) is 1.06. The van der Waals surface area contributed by atoms with Gasteiger partial charge in [0.25, 0.3) is 0 Å². The Morgan fingerprint density at radius 3 is 2.83 bits per heavy atom. The Hall–Kier alpha value is -1.29. The third-order valence-corrected chi connectivity index (χ3v) is 1.41. The number of aliphatic carboxylic acids is 1. The van der Waals surface area contributed by atoms with Crippen molar-refractivity contribution >= 4 is 23.4 Å². The minimum absolute atomic E-state index is 0.162. The number of carboxylic acids is 1. The number of pyridine rings is 1. The van der Waals surface area contributed by atoms with Crippen LogP contribution in [-0.4, -0.2) is 16.1 Å². The summed E-state index contributed by atoms with van der Waals surface area (Å²) in [6.07, 6.45) is -0.162. The van der Waals surface area contributed by atoms with Crippen molar-refractivity contribution in [1.29, 1.82) is 0 Å². The molecular formula is C7H7ClN2O2. The Bertz CT molecular complexity index is 294. The van der Waals surface area contributed by atoms with Crippen molar-refractivity contribution in [2.24, 2.45) is 0 Å². The van der Waals surface area contributed by atoms with Crippen molar-refractivity contribution in [2.75, 3.05) is 5.73 Å². The first-order chi connectivity index (χ1) is 5.58. The van der Waals surface area contributed by atoms with Crippen LogP contribution in [0.2, 0.25) is 5.02 Å². The largest absolute Gasteiger partial charge is 0.481 e. The lowest BCUT2D eigenvalue weighted by molar-refractivity contribution is -0.136. The molecule has 0 radical (unpaired) electrons. The molecule has 0 atom stereocenters. The molecular weight excluding hydrogens is 180 g/mol. The zero-order chi connectivity index (χ0) is 9.14. The summed E-state index contributed by atoms with van der Waals surface area (Å²) >= 11 is 5.62. The van der Waals surface area contributed by atoms with Gasteiger partial charge in [-0.15, -0.1) is 0 Å². The normalized spacial score (nSPS) is 9.75. The van der Waals surface area contributed by atoms with E-state index in [0.29, 0.717) is 10.7 Å². The summed E-state index contributed by atoms with van der Waals surface area (Å²) in [5, 5.41) is 8.83. The highest BCUT2D eigenvalue weighted by Crippen LogP contribution is 2.13. The van der Waals surface area contributed by atoms with E-state index in [0.717, 1.165) is 0 Å². The van der Waals surface area contributed by atoms with Crippen LogP contribution in [0.3, 0.4) is 0 Å². The second kappa shape index (κ2) is 3.40. The number of carbonyl (C=O) groups is 1. The number of anilines is 1. The van der Waals surface area contributed by atoms with Gasteiger partial charge < -0.3 is 10.8 Å². The van der Waals surface area contributed by atoms with Crippen molar-refractivity contribution in [3.8, 4) is 0 Å². The van der Waals surface area contributed by atoms with Crippen LogP contribution >= 0.6 is 11.6 Å². The summed E-state index contributed by atoms with van der Waals surface area (Å²) in [5.41, 5.74) is 5.71. The van der Waals surface area contributed by atoms with Crippen molar-refractivity contribution in [3.05, 3.63) is 22.8 Å². The molecule has 0 aliphatic carbocycles. The number of halogens is 1. The predicted molar refractivity (Wildman–Crippen MR) is 45.0 cm³/mol. The Morgan fingerprint density at radius 2 is 2.33 bits per heavy atom. The monoisotopic (exact) mass is 186 g/mol. The van der Waals surface area contributed by atoms with E-state index < -0.39 is 5.97 Å². The first-order valence-corrected chi connectivity index (χ1v) is 3.59. The third-order valence-electron chi connectivity index (χ3n) is 1.20. The third kappa shape index (κ3) is 2.39. The highest BCUT2D eigenvalue weighted by molar-refractivity contribution is 6.30. The molecule has 0 aliphatic rings. The molecule has 0 spiro atoms. The second-order valence-corrected chi connectivity index (χ2v) is 2.71. The van der Waals surface area contributed by atoms with Gasteiger partial charge in [0.1, 0.15) is 5.82 Å². The molecule has 0 aliphatic heterocycles. The summed E-state index contributed by atoms with van der Waals surface area (Å²) in [5.74, 6) is -0.720. The lowest BCUT2D eigenvalue weighted by Gasteiger charge is -1.98. The topological polar surface area (TPSA) is 76.2 Å². The van der Waals surface area contributed by atoms with E-state index in [2.05, 4.69) is 4.98 Å². The highest BCUT2D eigenvalue weighted by Gasteiger charge is 2.03. The van der Waals surface area contributed by atoms with E-state index in [9.17, 15) is 4.79 Å². The zero-order valence-corrected chi connectivity index (χ0v) is 6.88. The molecule has 0 bridgehead atoms. The maximum atomic E-state index is 10.3. The first-order valence-electron chi connectivity index (χ1n) is 3.21. The van der Waals surface area contributed by atoms with Gasteiger partial charge >= 0.3 is 5.97 Å². The van der Waals surface area contributed by atoms with Crippen LogP contribution in [0.15, 0.2) is 12.1 Å². The van der Waals surface area contributed by atoms with Gasteiger partial charge in [-0.3, -0.25) is 4.79 Å². The molecule has 1 aromatic rings. The van der Waals surface area contributed by atoms with Gasteiger partial charge in [0.2, 0.25) is 0 Å². The number of carboxylic acid groups (broad SMARTS) is 1. The fraction of sp³-hybridized carbons (Fsp3) is 0.143. The lowest BCUT2D eigenvalue weighted by atomic mass is 10.3. The molecule has 12 heavy (non-hydrogen) atoms. The van der Waals surface area contributed by atoms with Gasteiger partial charge in [0.05, 0.1) is 12.1 Å². The Balaban J connectivity index is 2.93. The average Bonchev–Trinajstić information content (AvgIpc) is 1.81. The van der Waals surface area contributed by atoms with E-state index in [-0.39, 0.29) is 12.2 Å². The molecule has 0 fully saturated rings. The van der Waals surface area contributed by atoms with E-state index in [1.54, 1.807) is 0 Å². The van der Waals surface area contributed by atoms with Crippen LogP contribution < -0.4 is 5.73 Å². The zero-order valence-electron chi connectivity index (χ0n) is 6.12. The van der Waals surface area contributed by atoms with Gasteiger partial charge in [0.15, 0.2) is 0 Å². The van der Waals surface area contributed by atoms with Gasteiger partial charge in [-0.05, 0) is 12.1 Å². The Morgan fingerprint density at radius 1 is 1.67 bits per heavy atom. The van der Waals surface area contributed by atoms with Crippen molar-refractivity contribution in [3.63, 3.8) is 0 Å². The maximum absolute atomic E-state index is 10.3. The minimum Gasteiger partial charge on any atom is -0.481 e. The SMILES string of the molecule is Nc1cc(Cl)cc(CC(=O)O)n1. The van der Waals surface area contributed by atoms with E-state index in [1.165, 1.54) is 12.1 Å². The summed E-state index contributed by atoms with van der Waals surface area (Å²) in [6, 6.07) is 2.94.